The molecule has 2 saturated heterocycles. The lowest BCUT2D eigenvalue weighted by atomic mass is 10.0. The Bertz CT molecular complexity index is 262. The van der Waals surface area contributed by atoms with Crippen LogP contribution < -0.4 is 5.32 Å². The number of hydrogen-bond donors (Lipinski definition) is 1. The lowest BCUT2D eigenvalue weighted by Crippen LogP contribution is -2.41. The summed E-state index contributed by atoms with van der Waals surface area (Å²) in [6.45, 7) is 8.23. The maximum absolute atomic E-state index is 12.2. The van der Waals surface area contributed by atoms with Crippen LogP contribution in [0, 0.1) is 0 Å². The van der Waals surface area contributed by atoms with Crippen molar-refractivity contribution in [2.45, 2.75) is 45.1 Å². The Balaban J connectivity index is 1.72. The van der Waals surface area contributed by atoms with Crippen molar-refractivity contribution < 1.29 is 4.79 Å². The first-order valence-electron chi connectivity index (χ1n) is 7.50. The van der Waals surface area contributed by atoms with Gasteiger partial charge in [-0.1, -0.05) is 6.42 Å². The average molecular weight is 253 g/mol. The molecule has 4 heteroatoms. The molecule has 0 spiro atoms. The van der Waals surface area contributed by atoms with E-state index in [0.717, 1.165) is 39.1 Å². The minimum absolute atomic E-state index is 0.344. The highest BCUT2D eigenvalue weighted by atomic mass is 16.2. The van der Waals surface area contributed by atoms with Crippen LogP contribution in [0.15, 0.2) is 0 Å². The Kier molecular flexibility index (Phi) is 5.45. The summed E-state index contributed by atoms with van der Waals surface area (Å²) in [4.78, 5) is 16.7. The summed E-state index contributed by atoms with van der Waals surface area (Å²) in [5.74, 6) is 0.344. The molecule has 2 fully saturated rings. The van der Waals surface area contributed by atoms with Crippen molar-refractivity contribution >= 4 is 5.91 Å². The maximum Gasteiger partial charge on any atom is 0.223 e. The van der Waals surface area contributed by atoms with Gasteiger partial charge in [-0.15, -0.1) is 0 Å². The number of carbonyl (C=O) groups is 1. The zero-order valence-electron chi connectivity index (χ0n) is 11.7. The van der Waals surface area contributed by atoms with Crippen LogP contribution in [-0.4, -0.2) is 61.0 Å². The van der Waals surface area contributed by atoms with E-state index in [0.29, 0.717) is 18.4 Å². The molecular formula is C14H27N3O. The first-order valence-corrected chi connectivity index (χ1v) is 7.50. The van der Waals surface area contributed by atoms with Gasteiger partial charge < -0.3 is 15.1 Å². The Hall–Kier alpha value is -0.610. The quantitative estimate of drug-likeness (QED) is 0.817. The largest absolute Gasteiger partial charge is 0.341 e. The average Bonchev–Trinajstić information content (AvgIpc) is 2.66. The minimum atomic E-state index is 0.344. The van der Waals surface area contributed by atoms with Crippen LogP contribution in [0.4, 0.5) is 0 Å². The Morgan fingerprint density at radius 3 is 2.89 bits per heavy atom. The first-order chi connectivity index (χ1) is 8.77. The SMILES string of the molecule is CC1CCCCN1CCC(=O)N1CCCNCC1. The van der Waals surface area contributed by atoms with Gasteiger partial charge in [0.15, 0.2) is 0 Å². The standard InChI is InChI=1S/C14H27N3O/c1-13-5-2-3-9-16(13)11-6-14(18)17-10-4-7-15-8-12-17/h13,15H,2-12H2,1H3. The Labute approximate surface area is 111 Å². The van der Waals surface area contributed by atoms with Crippen LogP contribution >= 0.6 is 0 Å². The number of piperidine rings is 1. The van der Waals surface area contributed by atoms with Crippen molar-refractivity contribution in [2.75, 3.05) is 39.3 Å². The van der Waals surface area contributed by atoms with Gasteiger partial charge in [0.05, 0.1) is 0 Å². The van der Waals surface area contributed by atoms with E-state index in [1.807, 2.05) is 4.90 Å². The number of nitrogens with one attached hydrogen (secondary N) is 1. The van der Waals surface area contributed by atoms with E-state index in [1.165, 1.54) is 25.8 Å². The van der Waals surface area contributed by atoms with Gasteiger partial charge in [0.2, 0.25) is 5.91 Å². The third-order valence-corrected chi connectivity index (χ3v) is 4.25. The highest BCUT2D eigenvalue weighted by Gasteiger charge is 2.20. The topological polar surface area (TPSA) is 35.6 Å². The molecule has 0 aromatic rings. The second kappa shape index (κ2) is 7.10. The van der Waals surface area contributed by atoms with Crippen LogP contribution in [0.2, 0.25) is 0 Å². The van der Waals surface area contributed by atoms with Gasteiger partial charge in [0, 0.05) is 38.6 Å². The number of hydrogen-bond acceptors (Lipinski definition) is 3. The molecule has 0 saturated carbocycles. The molecule has 2 aliphatic heterocycles. The number of carbonyl (C=O) groups excluding carboxylic acids is 1. The molecule has 1 N–H and O–H groups in total. The van der Waals surface area contributed by atoms with Crippen LogP contribution in [0.3, 0.4) is 0 Å². The number of rotatable bonds is 3. The van der Waals surface area contributed by atoms with E-state index >= 15 is 0 Å². The lowest BCUT2D eigenvalue weighted by Gasteiger charge is -2.33. The molecule has 4 nitrogen and oxygen atoms in total. The van der Waals surface area contributed by atoms with Gasteiger partial charge in [0.1, 0.15) is 0 Å². The third kappa shape index (κ3) is 3.95. The number of amides is 1. The molecular weight excluding hydrogens is 226 g/mol. The summed E-state index contributed by atoms with van der Waals surface area (Å²) in [5.41, 5.74) is 0. The number of nitrogens with zero attached hydrogens (tertiary/aromatic N) is 2. The molecule has 0 radical (unpaired) electrons. The molecule has 1 atom stereocenters. The van der Waals surface area contributed by atoms with E-state index in [4.69, 9.17) is 0 Å². The van der Waals surface area contributed by atoms with E-state index in [-0.39, 0.29) is 0 Å². The third-order valence-electron chi connectivity index (χ3n) is 4.25. The molecule has 0 bridgehead atoms. The highest BCUT2D eigenvalue weighted by Crippen LogP contribution is 2.16. The van der Waals surface area contributed by atoms with Crippen molar-refractivity contribution in [2.24, 2.45) is 0 Å². The second-order valence-corrected chi connectivity index (χ2v) is 5.62. The molecule has 0 aromatic heterocycles. The fourth-order valence-corrected chi connectivity index (χ4v) is 2.98. The Morgan fingerprint density at radius 1 is 1.17 bits per heavy atom. The van der Waals surface area contributed by atoms with Crippen molar-refractivity contribution in [3.63, 3.8) is 0 Å². The molecule has 0 aliphatic carbocycles. The predicted octanol–water partition coefficient (Wildman–Crippen LogP) is 1.07. The molecule has 2 aliphatic rings. The minimum Gasteiger partial charge on any atom is -0.341 e. The van der Waals surface area contributed by atoms with E-state index in [2.05, 4.69) is 17.1 Å². The second-order valence-electron chi connectivity index (χ2n) is 5.62. The monoisotopic (exact) mass is 253 g/mol. The van der Waals surface area contributed by atoms with E-state index in [1.54, 1.807) is 0 Å². The fraction of sp³-hybridized carbons (Fsp3) is 0.929. The van der Waals surface area contributed by atoms with Gasteiger partial charge >= 0.3 is 0 Å². The van der Waals surface area contributed by atoms with E-state index in [9.17, 15) is 4.79 Å². The van der Waals surface area contributed by atoms with Gasteiger partial charge in [0.25, 0.3) is 0 Å². The molecule has 1 unspecified atom stereocenters. The normalized spacial score (nSPS) is 26.9. The summed E-state index contributed by atoms with van der Waals surface area (Å²) in [6, 6.07) is 0.664. The van der Waals surface area contributed by atoms with Crippen LogP contribution in [0.1, 0.15) is 39.0 Å². The highest BCUT2D eigenvalue weighted by molar-refractivity contribution is 5.76. The van der Waals surface area contributed by atoms with Crippen LogP contribution in [-0.2, 0) is 4.79 Å². The number of likely N-dealkylation sites (tertiary alicyclic amines) is 1. The Morgan fingerprint density at radius 2 is 2.06 bits per heavy atom. The smallest absolute Gasteiger partial charge is 0.223 e. The molecule has 2 heterocycles. The molecule has 104 valence electrons. The first kappa shape index (κ1) is 13.8. The summed E-state index contributed by atoms with van der Waals surface area (Å²) < 4.78 is 0. The van der Waals surface area contributed by atoms with Gasteiger partial charge in [-0.05, 0) is 39.3 Å². The zero-order chi connectivity index (χ0) is 12.8. The van der Waals surface area contributed by atoms with Crippen LogP contribution in [0.5, 0.6) is 0 Å². The van der Waals surface area contributed by atoms with Crippen molar-refractivity contribution in [3.05, 3.63) is 0 Å². The molecule has 2 rings (SSSR count). The van der Waals surface area contributed by atoms with Gasteiger partial charge in [-0.3, -0.25) is 4.79 Å². The van der Waals surface area contributed by atoms with E-state index < -0.39 is 0 Å². The molecule has 18 heavy (non-hydrogen) atoms. The van der Waals surface area contributed by atoms with Crippen molar-refractivity contribution in [1.82, 2.24) is 15.1 Å². The van der Waals surface area contributed by atoms with Gasteiger partial charge in [-0.25, -0.2) is 0 Å². The van der Waals surface area contributed by atoms with Crippen LogP contribution in [0.25, 0.3) is 0 Å². The van der Waals surface area contributed by atoms with Crippen molar-refractivity contribution in [3.8, 4) is 0 Å². The summed E-state index contributed by atoms with van der Waals surface area (Å²) in [7, 11) is 0. The zero-order valence-corrected chi connectivity index (χ0v) is 11.7. The molecule has 1 amide bonds. The lowest BCUT2D eigenvalue weighted by molar-refractivity contribution is -0.131. The summed E-state index contributed by atoms with van der Waals surface area (Å²) in [6.07, 6.45) is 5.73. The fourth-order valence-electron chi connectivity index (χ4n) is 2.98. The summed E-state index contributed by atoms with van der Waals surface area (Å²) in [5, 5.41) is 3.34. The maximum atomic E-state index is 12.2. The summed E-state index contributed by atoms with van der Waals surface area (Å²) >= 11 is 0. The predicted molar refractivity (Wildman–Crippen MR) is 73.6 cm³/mol. The van der Waals surface area contributed by atoms with Gasteiger partial charge in [-0.2, -0.15) is 0 Å². The van der Waals surface area contributed by atoms with Crippen molar-refractivity contribution in [1.29, 1.82) is 0 Å². The molecule has 0 aromatic carbocycles.